The van der Waals surface area contributed by atoms with Crippen LogP contribution in [0.3, 0.4) is 0 Å². The molecule has 4 nitrogen and oxygen atoms in total. The van der Waals surface area contributed by atoms with Crippen LogP contribution in [0.4, 0.5) is 0 Å². The van der Waals surface area contributed by atoms with Crippen LogP contribution in [0.1, 0.15) is 27.7 Å². The van der Waals surface area contributed by atoms with Crippen LogP contribution in [0.5, 0.6) is 0 Å². The first-order valence-electron chi connectivity index (χ1n) is 4.83. The molecule has 0 aromatic carbocycles. The third-order valence-corrected chi connectivity index (χ3v) is 2.61. The van der Waals surface area contributed by atoms with Gasteiger partial charge in [0.2, 0.25) is 0 Å². The summed E-state index contributed by atoms with van der Waals surface area (Å²) in [6, 6.07) is 0. The van der Waals surface area contributed by atoms with Gasteiger partial charge in [0, 0.05) is 0 Å². The van der Waals surface area contributed by atoms with Crippen LogP contribution in [-0.4, -0.2) is 32.0 Å². The van der Waals surface area contributed by atoms with E-state index in [9.17, 15) is 9.59 Å². The van der Waals surface area contributed by atoms with E-state index in [4.69, 9.17) is 9.47 Å². The summed E-state index contributed by atoms with van der Waals surface area (Å²) < 4.78 is 9.81. The minimum atomic E-state index is -0.780. The fraction of sp³-hybridized carbons (Fsp3) is 0.800. The highest BCUT2D eigenvalue weighted by molar-refractivity contribution is 14.1. The molecule has 0 spiro atoms. The molecule has 0 fully saturated rings. The maximum Gasteiger partial charge on any atom is 0.319 e. The molecule has 0 amide bonds. The Bertz CT molecular complexity index is 262. The lowest BCUT2D eigenvalue weighted by Gasteiger charge is -2.25. The van der Waals surface area contributed by atoms with Crippen molar-refractivity contribution in [3.8, 4) is 0 Å². The quantitative estimate of drug-likeness (QED) is 0.364. The number of carbonyl (C=O) groups excluding carboxylic acids is 2. The Morgan fingerprint density at radius 3 is 1.94 bits per heavy atom. The van der Waals surface area contributed by atoms with E-state index < -0.39 is 5.60 Å². The second-order valence-corrected chi connectivity index (χ2v) is 7.76. The average Bonchev–Trinajstić information content (AvgIpc) is 2.13. The van der Waals surface area contributed by atoms with Crippen molar-refractivity contribution in [1.29, 1.82) is 0 Å². The molecular weight excluding hydrogens is 438 g/mol. The molecule has 94 valence electrons. The Morgan fingerprint density at radius 1 is 1.12 bits per heavy atom. The van der Waals surface area contributed by atoms with E-state index in [-0.39, 0.29) is 26.4 Å². The van der Waals surface area contributed by atoms with Gasteiger partial charge in [0.15, 0.2) is 0 Å². The lowest BCUT2D eigenvalue weighted by Crippen LogP contribution is -2.37. The van der Waals surface area contributed by atoms with E-state index in [1.54, 1.807) is 27.7 Å². The number of ether oxygens (including phenoxy) is 2. The van der Waals surface area contributed by atoms with Gasteiger partial charge in [-0.15, -0.1) is 0 Å². The minimum absolute atomic E-state index is 0.0777. The molecular formula is C10H16I2O4. The Labute approximate surface area is 123 Å². The number of hydrogen-bond donors (Lipinski definition) is 0. The molecule has 0 saturated carbocycles. The smallest absolute Gasteiger partial charge is 0.319 e. The first-order valence-corrected chi connectivity index (χ1v) is 7.32. The van der Waals surface area contributed by atoms with Crippen LogP contribution in [0.25, 0.3) is 0 Å². The Morgan fingerprint density at radius 2 is 1.56 bits per heavy atom. The zero-order valence-electron chi connectivity index (χ0n) is 9.75. The molecule has 2 unspecified atom stereocenters. The highest BCUT2D eigenvalue weighted by Gasteiger charge is 2.27. The van der Waals surface area contributed by atoms with Crippen molar-refractivity contribution in [1.82, 2.24) is 0 Å². The van der Waals surface area contributed by atoms with Gasteiger partial charge in [-0.1, -0.05) is 45.2 Å². The molecule has 6 heteroatoms. The van der Waals surface area contributed by atoms with E-state index in [1.165, 1.54) is 0 Å². The zero-order valence-corrected chi connectivity index (χ0v) is 14.1. The monoisotopic (exact) mass is 454 g/mol. The van der Waals surface area contributed by atoms with Crippen molar-refractivity contribution >= 4 is 57.1 Å². The van der Waals surface area contributed by atoms with Crippen LogP contribution in [0, 0.1) is 0 Å². The molecule has 0 aliphatic heterocycles. The number of rotatable bonds is 5. The summed E-state index contributed by atoms with van der Waals surface area (Å²) in [5, 5.41) is 0. The predicted octanol–water partition coefficient (Wildman–Crippen LogP) is 2.50. The fourth-order valence-electron chi connectivity index (χ4n) is 0.743. The predicted molar refractivity (Wildman–Crippen MR) is 78.1 cm³/mol. The van der Waals surface area contributed by atoms with E-state index in [2.05, 4.69) is 0 Å². The Hall–Kier alpha value is 0.400. The van der Waals surface area contributed by atoms with Crippen molar-refractivity contribution < 1.29 is 19.1 Å². The first-order chi connectivity index (χ1) is 7.15. The Kier molecular flexibility index (Phi) is 7.15. The molecule has 0 heterocycles. The molecule has 0 saturated heterocycles. The summed E-state index contributed by atoms with van der Waals surface area (Å²) in [5.41, 5.74) is -0.780. The second kappa shape index (κ2) is 6.97. The molecule has 0 rings (SSSR count). The standard InChI is InChI=1S/C10H16I2O4/c1-6(11)8(13)15-5-10(3,4)16-9(14)7(2)12/h6-7H,5H2,1-4H3. The van der Waals surface area contributed by atoms with Gasteiger partial charge in [-0.25, -0.2) is 0 Å². The lowest BCUT2D eigenvalue weighted by atomic mass is 10.1. The van der Waals surface area contributed by atoms with E-state index in [0.29, 0.717) is 0 Å². The van der Waals surface area contributed by atoms with Gasteiger partial charge in [-0.3, -0.25) is 9.59 Å². The molecule has 16 heavy (non-hydrogen) atoms. The van der Waals surface area contributed by atoms with E-state index in [0.717, 1.165) is 0 Å². The first kappa shape index (κ1) is 16.4. The maximum absolute atomic E-state index is 11.4. The molecule has 0 aromatic heterocycles. The van der Waals surface area contributed by atoms with Crippen LogP contribution < -0.4 is 0 Å². The van der Waals surface area contributed by atoms with Gasteiger partial charge in [-0.2, -0.15) is 0 Å². The molecule has 0 aromatic rings. The number of hydrogen-bond acceptors (Lipinski definition) is 4. The average molecular weight is 454 g/mol. The number of carbonyl (C=O) groups is 2. The lowest BCUT2D eigenvalue weighted by molar-refractivity contribution is -0.167. The summed E-state index contributed by atoms with van der Waals surface area (Å²) in [6.07, 6.45) is 0. The molecule has 0 aliphatic rings. The van der Waals surface area contributed by atoms with Crippen molar-refractivity contribution in [2.75, 3.05) is 6.61 Å². The largest absolute Gasteiger partial charge is 0.461 e. The van der Waals surface area contributed by atoms with Crippen molar-refractivity contribution in [3.05, 3.63) is 0 Å². The van der Waals surface area contributed by atoms with Gasteiger partial charge >= 0.3 is 11.9 Å². The topological polar surface area (TPSA) is 52.6 Å². The van der Waals surface area contributed by atoms with Crippen LogP contribution in [-0.2, 0) is 19.1 Å². The van der Waals surface area contributed by atoms with Crippen molar-refractivity contribution in [2.45, 2.75) is 41.1 Å². The number of esters is 2. The summed E-state index contributed by atoms with van der Waals surface area (Å²) in [4.78, 5) is 22.6. The van der Waals surface area contributed by atoms with Crippen LogP contribution in [0.2, 0.25) is 0 Å². The van der Waals surface area contributed by atoms with Crippen molar-refractivity contribution in [3.63, 3.8) is 0 Å². The summed E-state index contributed by atoms with van der Waals surface area (Å²) >= 11 is 3.95. The molecule has 0 aliphatic carbocycles. The van der Waals surface area contributed by atoms with Gasteiger partial charge in [0.25, 0.3) is 0 Å². The second-order valence-electron chi connectivity index (χ2n) is 4.02. The van der Waals surface area contributed by atoms with E-state index in [1.807, 2.05) is 45.2 Å². The summed E-state index contributed by atoms with van der Waals surface area (Å²) in [5.74, 6) is -0.601. The molecule has 0 bridgehead atoms. The fourth-order valence-corrected chi connectivity index (χ4v) is 1.05. The van der Waals surface area contributed by atoms with Gasteiger partial charge < -0.3 is 9.47 Å². The SMILES string of the molecule is CC(I)C(=O)OCC(C)(C)OC(=O)C(C)I. The molecule has 2 atom stereocenters. The molecule has 0 radical (unpaired) electrons. The number of alkyl halides is 2. The maximum atomic E-state index is 11.4. The molecule has 0 N–H and O–H groups in total. The summed E-state index contributed by atoms with van der Waals surface area (Å²) in [7, 11) is 0. The van der Waals surface area contributed by atoms with Gasteiger partial charge in [0.05, 0.1) is 0 Å². The third kappa shape index (κ3) is 6.87. The normalized spacial score (nSPS) is 15.1. The van der Waals surface area contributed by atoms with E-state index >= 15 is 0 Å². The van der Waals surface area contributed by atoms with Gasteiger partial charge in [-0.05, 0) is 27.7 Å². The van der Waals surface area contributed by atoms with Gasteiger partial charge in [0.1, 0.15) is 20.1 Å². The highest BCUT2D eigenvalue weighted by Crippen LogP contribution is 2.14. The number of halogens is 2. The Balaban J connectivity index is 4.15. The van der Waals surface area contributed by atoms with Crippen LogP contribution >= 0.6 is 45.2 Å². The van der Waals surface area contributed by atoms with Crippen LogP contribution in [0.15, 0.2) is 0 Å². The van der Waals surface area contributed by atoms with Crippen molar-refractivity contribution in [2.24, 2.45) is 0 Å². The third-order valence-electron chi connectivity index (χ3n) is 1.59. The highest BCUT2D eigenvalue weighted by atomic mass is 127. The zero-order chi connectivity index (χ0) is 12.9. The summed E-state index contributed by atoms with van der Waals surface area (Å²) in [6.45, 7) is 7.01. The minimum Gasteiger partial charge on any atom is -0.461 e.